The van der Waals surface area contributed by atoms with Crippen LogP contribution in [0.1, 0.15) is 4.88 Å². The fourth-order valence-corrected chi connectivity index (χ4v) is 2.54. The second-order valence-corrected chi connectivity index (χ2v) is 6.30. The number of halogens is 4. The van der Waals surface area contributed by atoms with E-state index < -0.39 is 0 Å². The molecule has 11 heavy (non-hydrogen) atoms. The SMILES string of the molecule is Clc1nc(Cl)c(C=C(Br)Br)s1. The number of rotatable bonds is 1. The van der Waals surface area contributed by atoms with E-state index in [1.165, 1.54) is 11.3 Å². The molecular weight excluding hydrogens is 337 g/mol. The van der Waals surface area contributed by atoms with Crippen molar-refractivity contribution in [2.75, 3.05) is 0 Å². The smallest absolute Gasteiger partial charge is 0.185 e. The molecule has 0 aliphatic rings. The Balaban J connectivity index is 3.04. The van der Waals surface area contributed by atoms with Crippen molar-refractivity contribution >= 4 is 72.5 Å². The summed E-state index contributed by atoms with van der Waals surface area (Å²) in [6.07, 6.45) is 1.80. The van der Waals surface area contributed by atoms with Crippen LogP contribution in [0, 0.1) is 0 Å². The summed E-state index contributed by atoms with van der Waals surface area (Å²) in [5.74, 6) is 0. The van der Waals surface area contributed by atoms with Crippen molar-refractivity contribution in [1.82, 2.24) is 4.98 Å². The van der Waals surface area contributed by atoms with E-state index in [-0.39, 0.29) is 0 Å². The molecule has 0 unspecified atom stereocenters. The Labute approximate surface area is 94.7 Å². The fraction of sp³-hybridized carbons (Fsp3) is 0. The van der Waals surface area contributed by atoms with Gasteiger partial charge in [-0.05, 0) is 37.9 Å². The molecular formula is C5HBr2Cl2NS. The van der Waals surface area contributed by atoms with Gasteiger partial charge in [0.25, 0.3) is 0 Å². The van der Waals surface area contributed by atoms with Crippen molar-refractivity contribution in [3.05, 3.63) is 17.9 Å². The zero-order valence-corrected chi connectivity index (χ0v) is 10.4. The van der Waals surface area contributed by atoms with Crippen molar-refractivity contribution in [2.24, 2.45) is 0 Å². The molecule has 1 rings (SSSR count). The third-order valence-corrected chi connectivity index (χ3v) is 2.79. The summed E-state index contributed by atoms with van der Waals surface area (Å²) in [7, 11) is 0. The van der Waals surface area contributed by atoms with Crippen molar-refractivity contribution in [3.8, 4) is 0 Å². The Hall–Kier alpha value is 0.910. The molecule has 0 fully saturated rings. The molecule has 0 spiro atoms. The van der Waals surface area contributed by atoms with Gasteiger partial charge in [0.05, 0.1) is 8.27 Å². The summed E-state index contributed by atoms with van der Waals surface area (Å²) in [6, 6.07) is 0. The lowest BCUT2D eigenvalue weighted by atomic mass is 10.5. The zero-order valence-electron chi connectivity index (χ0n) is 4.94. The van der Waals surface area contributed by atoms with Gasteiger partial charge < -0.3 is 0 Å². The number of hydrogen-bond acceptors (Lipinski definition) is 2. The lowest BCUT2D eigenvalue weighted by molar-refractivity contribution is 1.42. The van der Waals surface area contributed by atoms with Crippen LogP contribution in [0.3, 0.4) is 0 Å². The van der Waals surface area contributed by atoms with Gasteiger partial charge in [0.2, 0.25) is 0 Å². The standard InChI is InChI=1S/C5HBr2Cl2NS/c6-3(7)1-2-4(8)10-5(9)11-2/h1H. The van der Waals surface area contributed by atoms with Gasteiger partial charge in [-0.3, -0.25) is 0 Å². The van der Waals surface area contributed by atoms with Crippen LogP contribution in [-0.4, -0.2) is 4.98 Å². The first-order chi connectivity index (χ1) is 5.09. The average Bonchev–Trinajstić information content (AvgIpc) is 2.09. The molecule has 1 heterocycles. The number of nitrogens with zero attached hydrogens (tertiary/aromatic N) is 1. The number of aromatic nitrogens is 1. The van der Waals surface area contributed by atoms with Crippen molar-refractivity contribution in [2.45, 2.75) is 0 Å². The van der Waals surface area contributed by atoms with Crippen LogP contribution in [0.5, 0.6) is 0 Å². The summed E-state index contributed by atoms with van der Waals surface area (Å²) in [5, 5.41) is 0.427. The van der Waals surface area contributed by atoms with Crippen LogP contribution in [0.4, 0.5) is 0 Å². The van der Waals surface area contributed by atoms with Crippen LogP contribution in [0.2, 0.25) is 9.62 Å². The topological polar surface area (TPSA) is 12.9 Å². The molecule has 0 saturated heterocycles. The summed E-state index contributed by atoms with van der Waals surface area (Å²) < 4.78 is 1.26. The molecule has 0 amide bonds. The van der Waals surface area contributed by atoms with Gasteiger partial charge in [0, 0.05) is 0 Å². The molecule has 0 radical (unpaired) electrons. The highest BCUT2D eigenvalue weighted by atomic mass is 79.9. The second kappa shape index (κ2) is 4.23. The maximum atomic E-state index is 5.72. The number of thiazole rings is 1. The van der Waals surface area contributed by atoms with E-state index in [1.54, 1.807) is 6.08 Å². The molecule has 0 N–H and O–H groups in total. The Morgan fingerprint density at radius 2 is 2.09 bits per heavy atom. The van der Waals surface area contributed by atoms with E-state index in [0.29, 0.717) is 9.62 Å². The molecule has 1 aromatic rings. The van der Waals surface area contributed by atoms with E-state index in [4.69, 9.17) is 23.2 Å². The van der Waals surface area contributed by atoms with Crippen LogP contribution in [0.15, 0.2) is 3.39 Å². The molecule has 60 valence electrons. The molecule has 1 nitrogen and oxygen atoms in total. The minimum Gasteiger partial charge on any atom is -0.212 e. The minimum atomic E-state index is 0.427. The highest BCUT2D eigenvalue weighted by Gasteiger charge is 2.04. The quantitative estimate of drug-likeness (QED) is 0.733. The van der Waals surface area contributed by atoms with Crippen LogP contribution in [0.25, 0.3) is 6.08 Å². The van der Waals surface area contributed by atoms with Gasteiger partial charge in [-0.15, -0.1) is 11.3 Å². The van der Waals surface area contributed by atoms with Crippen LogP contribution in [-0.2, 0) is 0 Å². The summed E-state index contributed by atoms with van der Waals surface area (Å²) in [6.45, 7) is 0. The molecule has 0 atom stereocenters. The predicted octanol–water partition coefficient (Wildman–Crippen LogP) is 4.54. The normalized spacial score (nSPS) is 9.82. The van der Waals surface area contributed by atoms with E-state index in [9.17, 15) is 0 Å². The number of hydrogen-bond donors (Lipinski definition) is 0. The van der Waals surface area contributed by atoms with E-state index in [1.807, 2.05) is 0 Å². The minimum absolute atomic E-state index is 0.427. The van der Waals surface area contributed by atoms with Crippen LogP contribution >= 0.6 is 66.4 Å². The molecule has 0 aromatic carbocycles. The maximum absolute atomic E-state index is 5.72. The molecule has 0 aliphatic heterocycles. The van der Waals surface area contributed by atoms with Gasteiger partial charge in [0.15, 0.2) is 4.47 Å². The highest BCUT2D eigenvalue weighted by molar-refractivity contribution is 9.28. The van der Waals surface area contributed by atoms with Gasteiger partial charge in [-0.2, -0.15) is 0 Å². The average molecular weight is 338 g/mol. The molecule has 0 aliphatic carbocycles. The maximum Gasteiger partial charge on any atom is 0.185 e. The van der Waals surface area contributed by atoms with Crippen molar-refractivity contribution < 1.29 is 0 Å². The molecule has 0 bridgehead atoms. The Bertz CT molecular complexity index is 293. The first-order valence-electron chi connectivity index (χ1n) is 2.44. The van der Waals surface area contributed by atoms with Gasteiger partial charge in [-0.25, -0.2) is 4.98 Å². The van der Waals surface area contributed by atoms with E-state index >= 15 is 0 Å². The first kappa shape index (κ1) is 9.99. The first-order valence-corrected chi connectivity index (χ1v) is 5.60. The lowest BCUT2D eigenvalue weighted by Gasteiger charge is -1.83. The summed E-state index contributed by atoms with van der Waals surface area (Å²) in [4.78, 5) is 4.66. The zero-order chi connectivity index (χ0) is 8.43. The summed E-state index contributed by atoms with van der Waals surface area (Å²) >= 11 is 19.1. The van der Waals surface area contributed by atoms with Gasteiger partial charge >= 0.3 is 0 Å². The molecule has 6 heteroatoms. The summed E-state index contributed by atoms with van der Waals surface area (Å²) in [5.41, 5.74) is 0. The highest BCUT2D eigenvalue weighted by Crippen LogP contribution is 2.30. The third-order valence-electron chi connectivity index (χ3n) is 0.824. The Morgan fingerprint density at radius 1 is 1.45 bits per heavy atom. The second-order valence-electron chi connectivity index (χ2n) is 1.56. The molecule has 1 aromatic heterocycles. The van der Waals surface area contributed by atoms with Crippen molar-refractivity contribution in [1.29, 1.82) is 0 Å². The third kappa shape index (κ3) is 3.03. The predicted molar refractivity (Wildman–Crippen MR) is 58.0 cm³/mol. The van der Waals surface area contributed by atoms with Gasteiger partial charge in [-0.1, -0.05) is 23.2 Å². The molecule has 0 saturated carbocycles. The fourth-order valence-electron chi connectivity index (χ4n) is 0.476. The largest absolute Gasteiger partial charge is 0.212 e. The Kier molecular flexibility index (Phi) is 3.85. The lowest BCUT2D eigenvalue weighted by Crippen LogP contribution is -1.64. The van der Waals surface area contributed by atoms with Gasteiger partial charge in [0.1, 0.15) is 5.15 Å². The van der Waals surface area contributed by atoms with Crippen molar-refractivity contribution in [3.63, 3.8) is 0 Å². The Morgan fingerprint density at radius 3 is 2.45 bits per heavy atom. The van der Waals surface area contributed by atoms with Crippen LogP contribution < -0.4 is 0 Å². The monoisotopic (exact) mass is 335 g/mol. The van der Waals surface area contributed by atoms with E-state index in [0.717, 1.165) is 8.27 Å². The van der Waals surface area contributed by atoms with E-state index in [2.05, 4.69) is 36.8 Å².